The van der Waals surface area contributed by atoms with Crippen molar-refractivity contribution in [2.75, 3.05) is 11.9 Å². The van der Waals surface area contributed by atoms with Crippen molar-refractivity contribution in [3.63, 3.8) is 0 Å². The summed E-state index contributed by atoms with van der Waals surface area (Å²) >= 11 is 0. The van der Waals surface area contributed by atoms with E-state index in [2.05, 4.69) is 5.32 Å². The van der Waals surface area contributed by atoms with Crippen LogP contribution in [0.5, 0.6) is 0 Å². The molecule has 1 aromatic rings. The Morgan fingerprint density at radius 1 is 1.16 bits per heavy atom. The molecule has 0 aliphatic heterocycles. The Balaban J connectivity index is 2.28. The number of carboxylic acids is 1. The van der Waals surface area contributed by atoms with Crippen LogP contribution < -0.4 is 5.32 Å². The number of rotatable bonds is 7. The third-order valence-electron chi connectivity index (χ3n) is 2.61. The highest BCUT2D eigenvalue weighted by atomic mass is 19.4. The van der Waals surface area contributed by atoms with E-state index in [9.17, 15) is 18.0 Å². The second-order valence-corrected chi connectivity index (χ2v) is 4.20. The summed E-state index contributed by atoms with van der Waals surface area (Å²) in [7, 11) is 0. The van der Waals surface area contributed by atoms with Gasteiger partial charge < -0.3 is 10.4 Å². The highest BCUT2D eigenvalue weighted by Crippen LogP contribution is 2.22. The van der Waals surface area contributed by atoms with Crippen LogP contribution in [0.15, 0.2) is 24.3 Å². The lowest BCUT2D eigenvalue weighted by Crippen LogP contribution is -2.09. The number of nitrogens with one attached hydrogen (secondary N) is 1. The first-order valence-corrected chi connectivity index (χ1v) is 6.03. The number of hydrogen-bond donors (Lipinski definition) is 2. The lowest BCUT2D eigenvalue weighted by Gasteiger charge is -2.09. The molecular formula is C13H16F3NO2. The van der Waals surface area contributed by atoms with Gasteiger partial charge in [0.1, 0.15) is 0 Å². The summed E-state index contributed by atoms with van der Waals surface area (Å²) in [4.78, 5) is 10.9. The van der Waals surface area contributed by atoms with Crippen LogP contribution in [0.4, 0.5) is 18.9 Å². The molecule has 0 aromatic heterocycles. The Morgan fingerprint density at radius 3 is 2.47 bits per heavy atom. The molecule has 0 bridgehead atoms. The van der Waals surface area contributed by atoms with Gasteiger partial charge in [0.15, 0.2) is 0 Å². The predicted molar refractivity (Wildman–Crippen MR) is 66.4 cm³/mol. The molecule has 0 saturated carbocycles. The number of anilines is 1. The van der Waals surface area contributed by atoms with Gasteiger partial charge in [-0.2, -0.15) is 13.2 Å². The topological polar surface area (TPSA) is 49.3 Å². The molecule has 19 heavy (non-hydrogen) atoms. The number of hydrogen-bond acceptors (Lipinski definition) is 2. The molecule has 0 heterocycles. The SMILES string of the molecule is O=C(O)c1ccccc1NCCCCCC(F)(F)F. The Hall–Kier alpha value is -1.72. The fourth-order valence-electron chi connectivity index (χ4n) is 1.67. The number of unbranched alkanes of at least 4 members (excludes halogenated alkanes) is 2. The molecule has 0 aliphatic carbocycles. The van der Waals surface area contributed by atoms with Gasteiger partial charge >= 0.3 is 12.1 Å². The zero-order valence-electron chi connectivity index (χ0n) is 10.3. The first kappa shape index (κ1) is 15.3. The van der Waals surface area contributed by atoms with Gasteiger partial charge in [-0.1, -0.05) is 18.6 Å². The third-order valence-corrected chi connectivity index (χ3v) is 2.61. The molecule has 0 spiro atoms. The van der Waals surface area contributed by atoms with Crippen LogP contribution in [-0.2, 0) is 0 Å². The van der Waals surface area contributed by atoms with E-state index < -0.39 is 18.6 Å². The number of halogens is 3. The quantitative estimate of drug-likeness (QED) is 0.741. The second-order valence-electron chi connectivity index (χ2n) is 4.20. The Kier molecular flexibility index (Phi) is 5.66. The normalized spacial score (nSPS) is 11.3. The van der Waals surface area contributed by atoms with Crippen LogP contribution in [0.1, 0.15) is 36.0 Å². The van der Waals surface area contributed by atoms with Crippen molar-refractivity contribution in [2.45, 2.75) is 31.9 Å². The van der Waals surface area contributed by atoms with Crippen LogP contribution in [0.25, 0.3) is 0 Å². The van der Waals surface area contributed by atoms with Crippen molar-refractivity contribution in [3.8, 4) is 0 Å². The minimum atomic E-state index is -4.09. The standard InChI is InChI=1S/C13H16F3NO2/c14-13(15,16)8-4-1-5-9-17-11-7-3-2-6-10(11)12(18)19/h2-3,6-7,17H,1,4-5,8-9H2,(H,18,19). The minimum Gasteiger partial charge on any atom is -0.478 e. The van der Waals surface area contributed by atoms with Crippen molar-refractivity contribution in [1.82, 2.24) is 0 Å². The molecule has 106 valence electrons. The maximum absolute atomic E-state index is 11.9. The van der Waals surface area contributed by atoms with Crippen LogP contribution in [0.3, 0.4) is 0 Å². The molecule has 2 N–H and O–H groups in total. The molecule has 6 heteroatoms. The molecule has 0 saturated heterocycles. The monoisotopic (exact) mass is 275 g/mol. The van der Waals surface area contributed by atoms with Crippen molar-refractivity contribution < 1.29 is 23.1 Å². The van der Waals surface area contributed by atoms with Crippen molar-refractivity contribution in [3.05, 3.63) is 29.8 Å². The van der Waals surface area contributed by atoms with Crippen LogP contribution in [0, 0.1) is 0 Å². The summed E-state index contributed by atoms with van der Waals surface area (Å²) in [5, 5.41) is 11.9. The second kappa shape index (κ2) is 7.01. The lowest BCUT2D eigenvalue weighted by atomic mass is 10.1. The molecule has 0 radical (unpaired) electrons. The average molecular weight is 275 g/mol. The summed E-state index contributed by atoms with van der Waals surface area (Å²) < 4.78 is 35.7. The third kappa shape index (κ3) is 6.13. The van der Waals surface area contributed by atoms with Crippen molar-refractivity contribution in [2.24, 2.45) is 0 Å². The number of carboxylic acid groups (broad SMARTS) is 1. The molecule has 1 aromatic carbocycles. The van der Waals surface area contributed by atoms with Gasteiger partial charge in [-0.25, -0.2) is 4.79 Å². The van der Waals surface area contributed by atoms with E-state index in [4.69, 9.17) is 5.11 Å². The molecule has 0 unspecified atom stereocenters. The largest absolute Gasteiger partial charge is 0.478 e. The zero-order chi connectivity index (χ0) is 14.3. The molecule has 0 aliphatic rings. The Labute approximate surface area is 109 Å². The molecule has 0 atom stereocenters. The summed E-state index contributed by atoms with van der Waals surface area (Å²) in [5.41, 5.74) is 0.656. The maximum atomic E-state index is 11.9. The van der Waals surface area contributed by atoms with Gasteiger partial charge in [0.2, 0.25) is 0 Å². The number of carbonyl (C=O) groups is 1. The maximum Gasteiger partial charge on any atom is 0.389 e. The highest BCUT2D eigenvalue weighted by molar-refractivity contribution is 5.94. The average Bonchev–Trinajstić information content (AvgIpc) is 2.32. The van der Waals surface area contributed by atoms with Gasteiger partial charge in [-0.05, 0) is 25.0 Å². The van der Waals surface area contributed by atoms with Gasteiger partial charge in [-0.15, -0.1) is 0 Å². The summed E-state index contributed by atoms with van der Waals surface area (Å²) in [6, 6.07) is 6.45. The fourth-order valence-corrected chi connectivity index (χ4v) is 1.67. The van der Waals surface area contributed by atoms with E-state index in [-0.39, 0.29) is 12.0 Å². The van der Waals surface area contributed by atoms with E-state index in [1.807, 2.05) is 0 Å². The Morgan fingerprint density at radius 2 is 1.84 bits per heavy atom. The van der Waals surface area contributed by atoms with E-state index in [1.165, 1.54) is 6.07 Å². The van der Waals surface area contributed by atoms with Gasteiger partial charge in [0, 0.05) is 18.7 Å². The smallest absolute Gasteiger partial charge is 0.389 e. The van der Waals surface area contributed by atoms with Crippen LogP contribution >= 0.6 is 0 Å². The van der Waals surface area contributed by atoms with Gasteiger partial charge in [0.25, 0.3) is 0 Å². The Bertz CT molecular complexity index is 419. The molecule has 0 fully saturated rings. The van der Waals surface area contributed by atoms with Crippen molar-refractivity contribution >= 4 is 11.7 Å². The van der Waals surface area contributed by atoms with Gasteiger partial charge in [-0.3, -0.25) is 0 Å². The van der Waals surface area contributed by atoms with Crippen LogP contribution in [-0.4, -0.2) is 23.8 Å². The molecule has 0 amide bonds. The zero-order valence-corrected chi connectivity index (χ0v) is 10.3. The lowest BCUT2D eigenvalue weighted by molar-refractivity contribution is -0.135. The van der Waals surface area contributed by atoms with Crippen molar-refractivity contribution in [1.29, 1.82) is 0 Å². The summed E-state index contributed by atoms with van der Waals surface area (Å²) in [6.45, 7) is 0.460. The first-order valence-electron chi connectivity index (χ1n) is 6.03. The van der Waals surface area contributed by atoms with E-state index in [0.717, 1.165) is 0 Å². The minimum absolute atomic E-state index is 0.103. The van der Waals surface area contributed by atoms with E-state index >= 15 is 0 Å². The fraction of sp³-hybridized carbons (Fsp3) is 0.462. The number of benzene rings is 1. The summed E-state index contributed by atoms with van der Waals surface area (Å²) in [6.07, 6.45) is -3.72. The summed E-state index contributed by atoms with van der Waals surface area (Å²) in [5.74, 6) is -1.03. The van der Waals surface area contributed by atoms with Gasteiger partial charge in [0.05, 0.1) is 5.56 Å². The van der Waals surface area contributed by atoms with E-state index in [1.54, 1.807) is 18.2 Å². The van der Waals surface area contributed by atoms with E-state index in [0.29, 0.717) is 25.1 Å². The highest BCUT2D eigenvalue weighted by Gasteiger charge is 2.25. The molecule has 3 nitrogen and oxygen atoms in total. The first-order chi connectivity index (χ1) is 8.90. The van der Waals surface area contributed by atoms with Crippen LogP contribution in [0.2, 0.25) is 0 Å². The predicted octanol–water partition coefficient (Wildman–Crippen LogP) is 3.92. The molecule has 1 rings (SSSR count). The number of alkyl halides is 3. The number of aromatic carboxylic acids is 1. The molecular weight excluding hydrogens is 259 g/mol. The number of para-hydroxylation sites is 1.